The summed E-state index contributed by atoms with van der Waals surface area (Å²) in [4.78, 5) is 25.8. The number of para-hydroxylation sites is 1. The Morgan fingerprint density at radius 2 is 2.00 bits per heavy atom. The number of carboxylic acids is 1. The van der Waals surface area contributed by atoms with E-state index < -0.39 is 5.97 Å². The monoisotopic (exact) mass is 327 g/mol. The van der Waals surface area contributed by atoms with Crippen molar-refractivity contribution in [2.75, 3.05) is 18.4 Å². The van der Waals surface area contributed by atoms with Crippen LogP contribution in [0.25, 0.3) is 0 Å². The van der Waals surface area contributed by atoms with Crippen LogP contribution in [0.4, 0.5) is 5.69 Å². The second-order valence-electron chi connectivity index (χ2n) is 5.84. The molecular weight excluding hydrogens is 306 g/mol. The summed E-state index contributed by atoms with van der Waals surface area (Å²) in [6.45, 7) is 3.27. The highest BCUT2D eigenvalue weighted by atomic mass is 16.4. The van der Waals surface area contributed by atoms with Crippen molar-refractivity contribution in [3.63, 3.8) is 0 Å². The van der Waals surface area contributed by atoms with E-state index in [0.717, 1.165) is 18.7 Å². The van der Waals surface area contributed by atoms with Crippen molar-refractivity contribution in [3.05, 3.63) is 53.9 Å². The smallest absolute Gasteiger partial charge is 0.322 e. The molecule has 2 heterocycles. The Morgan fingerprint density at radius 1 is 1.21 bits per heavy atom. The highest BCUT2D eigenvalue weighted by Crippen LogP contribution is 2.31. The average molecular weight is 327 g/mol. The van der Waals surface area contributed by atoms with Crippen molar-refractivity contribution in [2.24, 2.45) is 0 Å². The van der Waals surface area contributed by atoms with Gasteiger partial charge in [-0.1, -0.05) is 19.1 Å². The summed E-state index contributed by atoms with van der Waals surface area (Å²) < 4.78 is 2.19. The van der Waals surface area contributed by atoms with Gasteiger partial charge in [0.1, 0.15) is 6.54 Å². The van der Waals surface area contributed by atoms with Crippen LogP contribution in [0.1, 0.15) is 35.4 Å². The van der Waals surface area contributed by atoms with E-state index in [9.17, 15) is 9.59 Å². The fourth-order valence-electron chi connectivity index (χ4n) is 3.29. The number of carboxylic acid groups (broad SMARTS) is 1. The third kappa shape index (κ3) is 2.99. The number of aliphatic carboxylic acids is 1. The fourth-order valence-corrected chi connectivity index (χ4v) is 3.29. The lowest BCUT2D eigenvalue weighted by Crippen LogP contribution is -2.42. The summed E-state index contributed by atoms with van der Waals surface area (Å²) in [7, 11) is 0. The molecule has 1 aromatic heterocycles. The number of amides is 1. The first kappa shape index (κ1) is 16.1. The Kier molecular flexibility index (Phi) is 4.55. The largest absolute Gasteiger partial charge is 0.480 e. The second kappa shape index (κ2) is 6.78. The SMILES string of the molecule is CC[C@@H]1c2cccn2CCN1C(=O)c1ccccc1NCC(=O)O. The summed E-state index contributed by atoms with van der Waals surface area (Å²) in [5, 5.41) is 11.7. The van der Waals surface area contributed by atoms with Crippen LogP contribution in [-0.2, 0) is 11.3 Å². The molecule has 1 aliphatic heterocycles. The zero-order chi connectivity index (χ0) is 17.1. The Hall–Kier alpha value is -2.76. The Morgan fingerprint density at radius 3 is 2.75 bits per heavy atom. The maximum atomic E-state index is 13.1. The van der Waals surface area contributed by atoms with Gasteiger partial charge >= 0.3 is 5.97 Å². The van der Waals surface area contributed by atoms with Gasteiger partial charge in [-0.25, -0.2) is 0 Å². The van der Waals surface area contributed by atoms with Crippen LogP contribution in [0, 0.1) is 0 Å². The molecule has 3 rings (SSSR count). The molecule has 6 heteroatoms. The van der Waals surface area contributed by atoms with Gasteiger partial charge in [-0.05, 0) is 30.7 Å². The molecule has 0 saturated carbocycles. The first-order chi connectivity index (χ1) is 11.6. The van der Waals surface area contributed by atoms with Crippen molar-refractivity contribution < 1.29 is 14.7 Å². The number of nitrogens with one attached hydrogen (secondary N) is 1. The molecule has 1 aromatic carbocycles. The van der Waals surface area contributed by atoms with E-state index >= 15 is 0 Å². The van der Waals surface area contributed by atoms with Crippen LogP contribution < -0.4 is 5.32 Å². The molecule has 24 heavy (non-hydrogen) atoms. The van der Waals surface area contributed by atoms with Gasteiger partial charge < -0.3 is 19.9 Å². The molecule has 0 bridgehead atoms. The summed E-state index contributed by atoms with van der Waals surface area (Å²) in [6, 6.07) is 11.2. The first-order valence-corrected chi connectivity index (χ1v) is 8.12. The quantitative estimate of drug-likeness (QED) is 0.885. The highest BCUT2D eigenvalue weighted by molar-refractivity contribution is 6.00. The van der Waals surface area contributed by atoms with E-state index in [4.69, 9.17) is 5.11 Å². The molecule has 126 valence electrons. The Balaban J connectivity index is 1.88. The molecule has 0 spiro atoms. The van der Waals surface area contributed by atoms with Crippen LogP contribution in [0.5, 0.6) is 0 Å². The normalized spacial score (nSPS) is 16.5. The molecule has 2 aromatic rings. The molecular formula is C18H21N3O3. The molecule has 0 radical (unpaired) electrons. The Bertz CT molecular complexity index is 753. The first-order valence-electron chi connectivity index (χ1n) is 8.12. The van der Waals surface area contributed by atoms with Gasteiger partial charge in [-0.2, -0.15) is 0 Å². The zero-order valence-corrected chi connectivity index (χ0v) is 13.6. The van der Waals surface area contributed by atoms with Gasteiger partial charge in [0.2, 0.25) is 0 Å². The van der Waals surface area contributed by atoms with E-state index in [1.807, 2.05) is 17.2 Å². The van der Waals surface area contributed by atoms with Crippen molar-refractivity contribution in [1.29, 1.82) is 0 Å². The number of carbonyl (C=O) groups is 2. The highest BCUT2D eigenvalue weighted by Gasteiger charge is 2.31. The zero-order valence-electron chi connectivity index (χ0n) is 13.6. The van der Waals surface area contributed by atoms with E-state index in [0.29, 0.717) is 17.8 Å². The minimum absolute atomic E-state index is 0.0359. The fraction of sp³-hybridized carbons (Fsp3) is 0.333. The lowest BCUT2D eigenvalue weighted by Gasteiger charge is -2.37. The average Bonchev–Trinajstić information content (AvgIpc) is 3.07. The molecule has 0 saturated heterocycles. The summed E-state index contributed by atoms with van der Waals surface area (Å²) >= 11 is 0. The molecule has 1 aliphatic rings. The van der Waals surface area contributed by atoms with Crippen LogP contribution >= 0.6 is 0 Å². The third-order valence-corrected chi connectivity index (χ3v) is 4.40. The second-order valence-corrected chi connectivity index (χ2v) is 5.84. The molecule has 1 atom stereocenters. The van der Waals surface area contributed by atoms with Gasteiger partial charge in [0.25, 0.3) is 5.91 Å². The van der Waals surface area contributed by atoms with Crippen LogP contribution in [0.3, 0.4) is 0 Å². The summed E-state index contributed by atoms with van der Waals surface area (Å²) in [5.74, 6) is -1.03. The summed E-state index contributed by atoms with van der Waals surface area (Å²) in [6.07, 6.45) is 2.88. The molecule has 1 amide bonds. The van der Waals surface area contributed by atoms with Crippen LogP contribution in [-0.4, -0.2) is 39.5 Å². The lowest BCUT2D eigenvalue weighted by atomic mass is 10.0. The number of fused-ring (bicyclic) bond motifs is 1. The predicted molar refractivity (Wildman–Crippen MR) is 91.1 cm³/mol. The number of hydrogen-bond donors (Lipinski definition) is 2. The van der Waals surface area contributed by atoms with E-state index in [1.54, 1.807) is 24.3 Å². The van der Waals surface area contributed by atoms with E-state index in [-0.39, 0.29) is 18.5 Å². The number of hydrogen-bond acceptors (Lipinski definition) is 3. The van der Waals surface area contributed by atoms with Gasteiger partial charge in [0.05, 0.1) is 11.6 Å². The maximum Gasteiger partial charge on any atom is 0.322 e. The lowest BCUT2D eigenvalue weighted by molar-refractivity contribution is -0.134. The van der Waals surface area contributed by atoms with Crippen LogP contribution in [0.15, 0.2) is 42.6 Å². The molecule has 2 N–H and O–H groups in total. The number of nitrogens with zero attached hydrogens (tertiary/aromatic N) is 2. The van der Waals surface area contributed by atoms with E-state index in [2.05, 4.69) is 22.9 Å². The van der Waals surface area contributed by atoms with Crippen molar-refractivity contribution in [3.8, 4) is 0 Å². The number of aromatic nitrogens is 1. The third-order valence-electron chi connectivity index (χ3n) is 4.40. The van der Waals surface area contributed by atoms with Crippen molar-refractivity contribution >= 4 is 17.6 Å². The standard InChI is InChI=1S/C18H21N3O3/c1-2-15-16-8-5-9-20(16)10-11-21(15)18(24)13-6-3-4-7-14(13)19-12-17(22)23/h3-9,15,19H,2,10-12H2,1H3,(H,22,23)/t15-/m1/s1. The number of anilines is 1. The minimum Gasteiger partial charge on any atom is -0.480 e. The van der Waals surface area contributed by atoms with Gasteiger partial charge in [-0.3, -0.25) is 9.59 Å². The number of carbonyl (C=O) groups excluding carboxylic acids is 1. The maximum absolute atomic E-state index is 13.1. The number of rotatable bonds is 5. The van der Waals surface area contributed by atoms with Gasteiger partial charge in [0.15, 0.2) is 0 Å². The Labute approximate surface area is 140 Å². The topological polar surface area (TPSA) is 74.6 Å². The predicted octanol–water partition coefficient (Wildman–Crippen LogP) is 2.59. The van der Waals surface area contributed by atoms with Gasteiger partial charge in [-0.15, -0.1) is 0 Å². The van der Waals surface area contributed by atoms with Crippen molar-refractivity contribution in [2.45, 2.75) is 25.9 Å². The van der Waals surface area contributed by atoms with Crippen LogP contribution in [0.2, 0.25) is 0 Å². The summed E-state index contributed by atoms with van der Waals surface area (Å²) in [5.41, 5.74) is 2.21. The number of benzene rings is 1. The minimum atomic E-state index is -0.959. The molecule has 0 unspecified atom stereocenters. The van der Waals surface area contributed by atoms with Crippen molar-refractivity contribution in [1.82, 2.24) is 9.47 Å². The molecule has 6 nitrogen and oxygen atoms in total. The van der Waals surface area contributed by atoms with Gasteiger partial charge in [0, 0.05) is 30.7 Å². The van der Waals surface area contributed by atoms with E-state index in [1.165, 1.54) is 0 Å². The molecule has 0 aliphatic carbocycles. The molecule has 0 fully saturated rings.